The van der Waals surface area contributed by atoms with Gasteiger partial charge in [-0.1, -0.05) is 13.5 Å². The zero-order valence-corrected chi connectivity index (χ0v) is 14.0. The Balaban J connectivity index is 0.00000400. The van der Waals surface area contributed by atoms with Gasteiger partial charge >= 0.3 is 6.09 Å². The largest absolute Gasteiger partial charge is 0.493 e. The van der Waals surface area contributed by atoms with Gasteiger partial charge in [0.2, 0.25) is 0 Å². The Morgan fingerprint density at radius 1 is 1.15 bits per heavy atom. The highest BCUT2D eigenvalue weighted by molar-refractivity contribution is 5.69. The number of allylic oxidation sites excluding steroid dienone is 1. The summed E-state index contributed by atoms with van der Waals surface area (Å²) in [4.78, 5) is 13.6. The Labute approximate surface area is 124 Å². The topological polar surface area (TPSA) is 38.8 Å². The van der Waals surface area contributed by atoms with Gasteiger partial charge in [-0.2, -0.15) is 0 Å². The molecule has 1 saturated heterocycles. The Bertz CT molecular complexity index is 387. The summed E-state index contributed by atoms with van der Waals surface area (Å²) in [6, 6.07) is 0. The number of hydrogen-bond acceptors (Lipinski definition) is 3. The maximum absolute atomic E-state index is 11.9. The Morgan fingerprint density at radius 2 is 1.60 bits per heavy atom. The van der Waals surface area contributed by atoms with Gasteiger partial charge in [-0.25, -0.2) is 4.79 Å². The van der Waals surface area contributed by atoms with Crippen molar-refractivity contribution < 1.29 is 15.7 Å². The first kappa shape index (κ1) is 16.9. The van der Waals surface area contributed by atoms with Crippen LogP contribution in [0.5, 0.6) is 0 Å². The van der Waals surface area contributed by atoms with E-state index < -0.39 is 5.60 Å². The van der Waals surface area contributed by atoms with Crippen LogP contribution in [0.25, 0.3) is 0 Å². The monoisotopic (exact) mass is 285 g/mol. The van der Waals surface area contributed by atoms with Crippen LogP contribution < -0.4 is 0 Å². The Hall–Kier alpha value is -1.19. The second-order valence-electron chi connectivity index (χ2n) is 8.08. The van der Waals surface area contributed by atoms with Crippen molar-refractivity contribution in [3.05, 3.63) is 12.3 Å². The summed E-state index contributed by atoms with van der Waals surface area (Å²) in [5, 5.41) is 0. The maximum atomic E-state index is 11.9. The lowest BCUT2D eigenvalue weighted by Gasteiger charge is -2.48. The lowest BCUT2D eigenvalue weighted by Crippen LogP contribution is -2.58. The van der Waals surface area contributed by atoms with Crippen molar-refractivity contribution in [2.24, 2.45) is 5.41 Å². The van der Waals surface area contributed by atoms with E-state index in [2.05, 4.69) is 13.5 Å². The van der Waals surface area contributed by atoms with Crippen molar-refractivity contribution in [3.63, 3.8) is 0 Å². The molecule has 20 heavy (non-hydrogen) atoms. The molecule has 0 saturated carbocycles. The van der Waals surface area contributed by atoms with E-state index in [4.69, 9.17) is 9.47 Å². The number of amides is 1. The number of likely N-dealkylation sites (tertiary alicyclic amines) is 1. The van der Waals surface area contributed by atoms with Crippen molar-refractivity contribution >= 4 is 6.09 Å². The molecule has 1 aliphatic heterocycles. The van der Waals surface area contributed by atoms with Crippen LogP contribution in [0.2, 0.25) is 0 Å². The van der Waals surface area contributed by atoms with E-state index in [-0.39, 0.29) is 18.5 Å². The van der Waals surface area contributed by atoms with E-state index in [0.29, 0.717) is 13.1 Å². The molecule has 1 rings (SSSR count). The van der Waals surface area contributed by atoms with Crippen LogP contribution in [-0.4, -0.2) is 35.3 Å². The summed E-state index contributed by atoms with van der Waals surface area (Å²) in [6.45, 7) is 19.2. The highest BCUT2D eigenvalue weighted by Crippen LogP contribution is 2.37. The first-order valence-electron chi connectivity index (χ1n) is 7.14. The minimum atomic E-state index is -0.442. The normalized spacial score (nSPS) is 18.2. The predicted molar refractivity (Wildman–Crippen MR) is 82.6 cm³/mol. The quantitative estimate of drug-likeness (QED) is 0.729. The van der Waals surface area contributed by atoms with Gasteiger partial charge in [-0.15, -0.1) is 0 Å². The van der Waals surface area contributed by atoms with E-state index in [1.165, 1.54) is 0 Å². The summed E-state index contributed by atoms with van der Waals surface area (Å²) >= 11 is 0. The number of ether oxygens (including phenoxy) is 2. The molecule has 0 bridgehead atoms. The molecule has 1 fully saturated rings. The third-order valence-electron chi connectivity index (χ3n) is 2.87. The molecule has 1 heterocycles. The lowest BCUT2D eigenvalue weighted by molar-refractivity contribution is -0.0389. The fraction of sp³-hybridized carbons (Fsp3) is 0.812. The van der Waals surface area contributed by atoms with E-state index >= 15 is 0 Å². The van der Waals surface area contributed by atoms with E-state index in [9.17, 15) is 4.79 Å². The molecular formula is C16H31NO3. The first-order chi connectivity index (χ1) is 8.80. The summed E-state index contributed by atoms with van der Waals surface area (Å²) in [5.41, 5.74) is -0.622. The number of nitrogens with zero attached hydrogens (tertiary/aromatic N) is 1. The molecule has 118 valence electrons. The van der Waals surface area contributed by atoms with Gasteiger partial charge in [0.05, 0.1) is 5.76 Å². The molecule has 0 aliphatic carbocycles. The van der Waals surface area contributed by atoms with Crippen molar-refractivity contribution in [2.75, 3.05) is 13.1 Å². The van der Waals surface area contributed by atoms with Gasteiger partial charge in [0.1, 0.15) is 11.2 Å². The average molecular weight is 285 g/mol. The minimum Gasteiger partial charge on any atom is -0.493 e. The van der Waals surface area contributed by atoms with Crippen LogP contribution in [0.15, 0.2) is 12.3 Å². The summed E-state index contributed by atoms with van der Waals surface area (Å²) < 4.78 is 11.1. The zero-order chi connectivity index (χ0) is 15.8. The van der Waals surface area contributed by atoms with Crippen LogP contribution in [-0.2, 0) is 9.47 Å². The van der Waals surface area contributed by atoms with Crippen LogP contribution >= 0.6 is 0 Å². The maximum Gasteiger partial charge on any atom is 0.410 e. The molecule has 0 N–H and O–H groups in total. The fourth-order valence-electron chi connectivity index (χ4n) is 2.39. The Morgan fingerprint density at radius 3 is 2.00 bits per heavy atom. The van der Waals surface area contributed by atoms with Crippen LogP contribution in [0, 0.1) is 5.41 Å². The SMILES string of the molecule is C=C(CC1(C)CN(C(=O)OC(C)(C)C)C1)OC(C)(C)C.[HH]. The summed E-state index contributed by atoms with van der Waals surface area (Å²) in [7, 11) is 0. The second-order valence-corrected chi connectivity index (χ2v) is 8.08. The summed E-state index contributed by atoms with van der Waals surface area (Å²) in [6.07, 6.45) is 0.529. The predicted octanol–water partition coefficient (Wildman–Crippen LogP) is 4.21. The molecule has 0 spiro atoms. The molecule has 0 radical (unpaired) electrons. The molecule has 0 aromatic rings. The minimum absolute atomic E-state index is 0. The number of rotatable bonds is 3. The third-order valence-corrected chi connectivity index (χ3v) is 2.87. The number of carbonyl (C=O) groups is 1. The van der Waals surface area contributed by atoms with Gasteiger partial charge in [-0.3, -0.25) is 0 Å². The van der Waals surface area contributed by atoms with E-state index in [0.717, 1.165) is 12.2 Å². The molecule has 0 aromatic carbocycles. The first-order valence-corrected chi connectivity index (χ1v) is 7.14. The summed E-state index contributed by atoms with van der Waals surface area (Å²) in [5.74, 6) is 0.781. The van der Waals surface area contributed by atoms with Gasteiger partial charge in [0.15, 0.2) is 0 Å². The third kappa shape index (κ3) is 5.43. The van der Waals surface area contributed by atoms with E-state index in [1.54, 1.807) is 4.90 Å². The molecule has 4 heteroatoms. The smallest absolute Gasteiger partial charge is 0.410 e. The van der Waals surface area contributed by atoms with Gasteiger partial charge in [0, 0.05) is 26.4 Å². The van der Waals surface area contributed by atoms with Crippen LogP contribution in [0.4, 0.5) is 4.79 Å². The highest BCUT2D eigenvalue weighted by atomic mass is 16.6. The molecule has 4 nitrogen and oxygen atoms in total. The van der Waals surface area contributed by atoms with Crippen molar-refractivity contribution in [1.82, 2.24) is 4.90 Å². The average Bonchev–Trinajstić information content (AvgIpc) is 2.06. The van der Waals surface area contributed by atoms with Crippen LogP contribution in [0.1, 0.15) is 56.3 Å². The van der Waals surface area contributed by atoms with Crippen LogP contribution in [0.3, 0.4) is 0 Å². The number of hydrogen-bond donors (Lipinski definition) is 0. The Kier molecular flexibility index (Phi) is 4.47. The lowest BCUT2D eigenvalue weighted by atomic mass is 9.78. The molecule has 1 amide bonds. The van der Waals surface area contributed by atoms with Gasteiger partial charge < -0.3 is 14.4 Å². The van der Waals surface area contributed by atoms with Crippen molar-refractivity contribution in [2.45, 2.75) is 66.1 Å². The zero-order valence-electron chi connectivity index (χ0n) is 14.0. The molecule has 1 aliphatic rings. The number of carbonyl (C=O) groups excluding carboxylic acids is 1. The van der Waals surface area contributed by atoms with Gasteiger partial charge in [0.25, 0.3) is 0 Å². The molecular weight excluding hydrogens is 254 g/mol. The van der Waals surface area contributed by atoms with Crippen molar-refractivity contribution in [1.29, 1.82) is 0 Å². The molecule has 0 unspecified atom stereocenters. The second kappa shape index (κ2) is 5.30. The highest BCUT2D eigenvalue weighted by Gasteiger charge is 2.43. The van der Waals surface area contributed by atoms with E-state index in [1.807, 2.05) is 41.5 Å². The van der Waals surface area contributed by atoms with Gasteiger partial charge in [-0.05, 0) is 41.5 Å². The molecule has 0 aromatic heterocycles. The molecule has 0 atom stereocenters. The standard InChI is InChI=1S/C16H29NO3.H2/c1-12(19-14(2,3)4)9-16(8)10-17(11-16)13(18)20-15(5,6)7;/h1,9-11H2,2-8H3;1H. The van der Waals surface area contributed by atoms with Crippen molar-refractivity contribution in [3.8, 4) is 0 Å². The fourth-order valence-corrected chi connectivity index (χ4v) is 2.39.